The fraction of sp³-hybridized carbons (Fsp3) is 0.439. The molecule has 1 saturated carbocycles. The molecule has 0 radical (unpaired) electrons. The van der Waals surface area contributed by atoms with E-state index in [1.807, 2.05) is 92.5 Å². The number of imidazole rings is 1. The number of hydrogen-bond acceptors (Lipinski definition) is 7. The number of nitrogens with zero attached hydrogens (tertiary/aromatic N) is 6. The molecule has 1 aliphatic carbocycles. The highest BCUT2D eigenvalue weighted by molar-refractivity contribution is 7.85. The molecule has 3 fully saturated rings. The van der Waals surface area contributed by atoms with Crippen LogP contribution in [0.1, 0.15) is 87.1 Å². The zero-order valence-corrected chi connectivity index (χ0v) is 32.5. The number of benzene rings is 1. The van der Waals surface area contributed by atoms with Crippen LogP contribution in [0.3, 0.4) is 0 Å². The minimum Gasteiger partial charge on any atom is -0.482 e. The predicted octanol–water partition coefficient (Wildman–Crippen LogP) is 7.02. The van der Waals surface area contributed by atoms with Gasteiger partial charge in [0, 0.05) is 29.6 Å². The monoisotopic (exact) mass is 749 g/mol. The fourth-order valence-electron chi connectivity index (χ4n) is 7.89. The first-order valence-corrected chi connectivity index (χ1v) is 19.9. The highest BCUT2D eigenvalue weighted by atomic mass is 32.2. The third-order valence-corrected chi connectivity index (χ3v) is 12.4. The number of alkyl carbamates (subject to hydrolysis) is 1. The van der Waals surface area contributed by atoms with Gasteiger partial charge in [0.25, 0.3) is 5.91 Å². The molecule has 282 valence electrons. The van der Waals surface area contributed by atoms with Crippen molar-refractivity contribution in [3.63, 3.8) is 0 Å². The van der Waals surface area contributed by atoms with Gasteiger partial charge < -0.3 is 24.3 Å². The molecule has 12 nitrogen and oxygen atoms in total. The molecule has 0 unspecified atom stereocenters. The topological polar surface area (TPSA) is 132 Å². The second kappa shape index (κ2) is 14.0. The maximum absolute atomic E-state index is 14.3. The number of carbonyl (C=O) groups is 2. The molecule has 8 rings (SSSR count). The first kappa shape index (κ1) is 36.0. The first-order chi connectivity index (χ1) is 25.9. The Hall–Kier alpha value is -5.04. The van der Waals surface area contributed by atoms with Gasteiger partial charge >= 0.3 is 6.09 Å². The van der Waals surface area contributed by atoms with Crippen molar-refractivity contribution in [2.75, 3.05) is 7.11 Å². The molecule has 0 spiro atoms. The smallest absolute Gasteiger partial charge is 0.407 e. The average Bonchev–Trinajstić information content (AvgIpc) is 3.46. The zero-order valence-electron chi connectivity index (χ0n) is 31.7. The van der Waals surface area contributed by atoms with Crippen molar-refractivity contribution in [2.24, 2.45) is 10.3 Å². The first-order valence-electron chi connectivity index (χ1n) is 18.7. The van der Waals surface area contributed by atoms with Crippen LogP contribution < -0.4 is 10.1 Å². The van der Waals surface area contributed by atoms with E-state index in [1.54, 1.807) is 13.2 Å². The Balaban J connectivity index is 1.09. The molecule has 2 bridgehead atoms. The van der Waals surface area contributed by atoms with Gasteiger partial charge in [0.05, 0.1) is 46.7 Å². The van der Waals surface area contributed by atoms with Gasteiger partial charge in [0.2, 0.25) is 0 Å². The van der Waals surface area contributed by atoms with E-state index in [9.17, 15) is 13.8 Å². The van der Waals surface area contributed by atoms with E-state index in [1.165, 1.54) is 0 Å². The van der Waals surface area contributed by atoms with Crippen LogP contribution in [0.5, 0.6) is 5.88 Å². The molecule has 3 aliphatic rings. The van der Waals surface area contributed by atoms with Gasteiger partial charge in [-0.25, -0.2) is 19.0 Å². The van der Waals surface area contributed by atoms with Gasteiger partial charge in [0.15, 0.2) is 5.88 Å². The van der Waals surface area contributed by atoms with Crippen molar-refractivity contribution >= 4 is 45.4 Å². The van der Waals surface area contributed by atoms with Crippen LogP contribution >= 0.6 is 0 Å². The van der Waals surface area contributed by atoms with Crippen LogP contribution in [-0.2, 0) is 28.9 Å². The highest BCUT2D eigenvalue weighted by Crippen LogP contribution is 2.40. The fourth-order valence-corrected chi connectivity index (χ4v) is 8.51. The van der Waals surface area contributed by atoms with Crippen molar-refractivity contribution in [1.29, 1.82) is 0 Å². The molecule has 6 heterocycles. The third-order valence-electron chi connectivity index (χ3n) is 10.9. The maximum atomic E-state index is 14.3. The Labute approximate surface area is 317 Å². The van der Waals surface area contributed by atoms with E-state index in [0.717, 1.165) is 65.9 Å². The number of rotatable bonds is 10. The number of ether oxygens (including phenoxy) is 2. The number of nitrogens with one attached hydrogen (secondary N) is 1. The van der Waals surface area contributed by atoms with E-state index in [0.29, 0.717) is 40.8 Å². The number of methoxy groups -OCH3 is 1. The van der Waals surface area contributed by atoms with Crippen LogP contribution in [0, 0.1) is 12.8 Å². The molecule has 1 aromatic carbocycles. The number of aryl methyl sites for hydroxylation is 1. The quantitative estimate of drug-likeness (QED) is 0.152. The van der Waals surface area contributed by atoms with Crippen molar-refractivity contribution in [3.8, 4) is 17.3 Å². The molecule has 13 heteroatoms. The third kappa shape index (κ3) is 6.78. The van der Waals surface area contributed by atoms with Crippen molar-refractivity contribution in [3.05, 3.63) is 83.2 Å². The van der Waals surface area contributed by atoms with Gasteiger partial charge in [-0.15, -0.1) is 0 Å². The minimum atomic E-state index is -1.40. The van der Waals surface area contributed by atoms with E-state index in [4.69, 9.17) is 19.4 Å². The Morgan fingerprint density at radius 2 is 1.80 bits per heavy atom. The van der Waals surface area contributed by atoms with Gasteiger partial charge in [-0.05, 0) is 102 Å². The lowest BCUT2D eigenvalue weighted by molar-refractivity contribution is 0.0719. The van der Waals surface area contributed by atoms with Crippen LogP contribution in [0.2, 0.25) is 0 Å². The van der Waals surface area contributed by atoms with Gasteiger partial charge in [-0.1, -0.05) is 30.3 Å². The van der Waals surface area contributed by atoms with Gasteiger partial charge in [-0.3, -0.25) is 9.20 Å². The Morgan fingerprint density at radius 3 is 2.52 bits per heavy atom. The van der Waals surface area contributed by atoms with Crippen molar-refractivity contribution < 1.29 is 23.3 Å². The summed E-state index contributed by atoms with van der Waals surface area (Å²) in [5.41, 5.74) is 6.80. The standard InChI is InChI=1S/C41H47N7O5S/c1-24(45-54(51)41(3,4)5)31-16-14-28-18-34(46(38(28)42-31)22-26-12-13-26)37-25(2)47-35(44-37)19-29(20-36(47)52-6)39(49)48-30-15-17-33(48)32(21-30)43-40(50)53-23-27-10-8-7-9-11-27/h7-11,14,16,18-20,26,30,32-33H,12-13,15,17,21-23H2,1-6H3,(H,43,50)/b45-24+/t30-,32+,33+,54-/m0/s1. The van der Waals surface area contributed by atoms with E-state index >= 15 is 0 Å². The number of carbonyl (C=O) groups excluding carboxylic acids is 2. The Morgan fingerprint density at radius 1 is 1.02 bits per heavy atom. The molecule has 2 saturated heterocycles. The summed E-state index contributed by atoms with van der Waals surface area (Å²) >= 11 is 0. The number of fused-ring (bicyclic) bond motifs is 4. The van der Waals surface area contributed by atoms with Crippen LogP contribution in [-0.4, -0.2) is 75.7 Å². The molecule has 54 heavy (non-hydrogen) atoms. The lowest BCUT2D eigenvalue weighted by atomic mass is 9.96. The summed E-state index contributed by atoms with van der Waals surface area (Å²) in [5.74, 6) is 0.974. The molecule has 4 aromatic heterocycles. The molecule has 2 amide bonds. The summed E-state index contributed by atoms with van der Waals surface area (Å²) in [7, 11) is 0.209. The molecule has 2 aliphatic heterocycles. The second-order valence-corrected chi connectivity index (χ2v) is 17.7. The van der Waals surface area contributed by atoms with Crippen LogP contribution in [0.15, 0.2) is 65.1 Å². The number of amides is 2. The minimum absolute atomic E-state index is 0.0267. The summed E-state index contributed by atoms with van der Waals surface area (Å²) < 4.78 is 32.4. The average molecular weight is 750 g/mol. The highest BCUT2D eigenvalue weighted by Gasteiger charge is 2.49. The zero-order chi connectivity index (χ0) is 37.9. The van der Waals surface area contributed by atoms with E-state index in [-0.39, 0.29) is 30.6 Å². The van der Waals surface area contributed by atoms with Gasteiger partial charge in [-0.2, -0.15) is 4.40 Å². The normalized spacial score (nSPS) is 20.5. The molecular weight excluding hydrogens is 703 g/mol. The number of pyridine rings is 2. The summed E-state index contributed by atoms with van der Waals surface area (Å²) in [6.45, 7) is 10.6. The van der Waals surface area contributed by atoms with E-state index < -0.39 is 21.8 Å². The molecular formula is C41H47N7O5S. The largest absolute Gasteiger partial charge is 0.482 e. The van der Waals surface area contributed by atoms with Gasteiger partial charge in [0.1, 0.15) is 34.6 Å². The van der Waals surface area contributed by atoms with Crippen LogP contribution in [0.4, 0.5) is 4.79 Å². The molecule has 1 N–H and O–H groups in total. The summed E-state index contributed by atoms with van der Waals surface area (Å²) in [6.07, 6.45) is 4.24. The lowest BCUT2D eigenvalue weighted by Crippen LogP contribution is -2.45. The Bertz CT molecular complexity index is 2320. The predicted molar refractivity (Wildman–Crippen MR) is 209 cm³/mol. The van der Waals surface area contributed by atoms with E-state index in [2.05, 4.69) is 20.3 Å². The lowest BCUT2D eigenvalue weighted by Gasteiger charge is -2.25. The molecule has 5 aromatic rings. The number of aromatic nitrogens is 4. The molecule has 4 atom stereocenters. The van der Waals surface area contributed by atoms with Crippen LogP contribution in [0.25, 0.3) is 28.1 Å². The summed E-state index contributed by atoms with van der Waals surface area (Å²) in [6, 6.07) is 19.0. The summed E-state index contributed by atoms with van der Waals surface area (Å²) in [4.78, 5) is 39.2. The Kier molecular flexibility index (Phi) is 9.31. The van der Waals surface area contributed by atoms with Crippen molar-refractivity contribution in [2.45, 2.75) is 103 Å². The second-order valence-electron chi connectivity index (χ2n) is 15.8. The number of hydrogen-bond donors (Lipinski definition) is 1. The SMILES string of the molecule is COc1cc(C(=O)N2[C@H]3CC[C@@H]2[C@H](NC(=O)OCc2ccccc2)C3)cc2nc(-c3cc4ccc(/C(C)=N/[S@@](=O)C(C)(C)C)nc4n3CC3CC3)c(C)n12. The maximum Gasteiger partial charge on any atom is 0.407 e. The summed E-state index contributed by atoms with van der Waals surface area (Å²) in [5, 5.41) is 4.01. The van der Waals surface area contributed by atoms with Crippen molar-refractivity contribution in [1.82, 2.24) is 29.2 Å².